The van der Waals surface area contributed by atoms with Crippen molar-refractivity contribution in [2.24, 2.45) is 0 Å². The molecule has 9 aromatic rings. The largest absolute Gasteiger partial charge is 0.208 e. The third kappa shape index (κ3) is 5.69. The van der Waals surface area contributed by atoms with Crippen LogP contribution in [0, 0.1) is 0 Å². The van der Waals surface area contributed by atoms with Gasteiger partial charge >= 0.3 is 0 Å². The van der Waals surface area contributed by atoms with Crippen LogP contribution in [0.1, 0.15) is 8.22 Å². The number of thiophene rings is 1. The maximum atomic E-state index is 9.49. The summed E-state index contributed by atoms with van der Waals surface area (Å²) in [6, 6.07) is 44.2. The summed E-state index contributed by atoms with van der Waals surface area (Å²) in [5.41, 5.74) is 6.58. The highest BCUT2D eigenvalue weighted by Gasteiger charge is 2.15. The highest BCUT2D eigenvalue weighted by Crippen LogP contribution is 2.38. The summed E-state index contributed by atoms with van der Waals surface area (Å²) >= 11 is 1.09. The standard InChI is InChI=1S/C45H29N3S/c1-4-10-30(11-5-1)33-16-20-35(21-17-33)43-46-44(36-22-18-34(19-23-36)31-12-6-2-7-13-31)48-45(47-43)38-24-26-39-40-28-37(32-14-8-3-9-15-32)25-27-41(40)49-42(39)29-38/h1-29H/i24D,25D,26D,27D,28D,29D. The maximum absolute atomic E-state index is 9.49. The normalized spacial score (nSPS) is 13.0. The second-order valence-electron chi connectivity index (χ2n) is 11.6. The summed E-state index contributed by atoms with van der Waals surface area (Å²) in [4.78, 5) is 14.6. The van der Waals surface area contributed by atoms with Gasteiger partial charge in [-0.1, -0.05) is 158 Å². The highest BCUT2D eigenvalue weighted by molar-refractivity contribution is 7.25. The fraction of sp³-hybridized carbons (Fsp3) is 0. The van der Waals surface area contributed by atoms with Crippen LogP contribution < -0.4 is 0 Å². The molecule has 0 aliphatic carbocycles. The van der Waals surface area contributed by atoms with Crippen molar-refractivity contribution >= 4 is 31.5 Å². The van der Waals surface area contributed by atoms with E-state index in [2.05, 4.69) is 0 Å². The molecule has 9 rings (SSSR count). The Hall–Kier alpha value is -6.23. The van der Waals surface area contributed by atoms with E-state index in [1.54, 1.807) is 12.1 Å². The Morgan fingerprint density at radius 1 is 0.327 bits per heavy atom. The lowest BCUT2D eigenvalue weighted by atomic mass is 10.0. The van der Waals surface area contributed by atoms with Crippen LogP contribution in [0.2, 0.25) is 0 Å². The van der Waals surface area contributed by atoms with Gasteiger partial charge in [-0.25, -0.2) is 15.0 Å². The number of benzene rings is 7. The lowest BCUT2D eigenvalue weighted by molar-refractivity contribution is 1.07. The Labute approximate surface area is 297 Å². The lowest BCUT2D eigenvalue weighted by Gasteiger charge is -2.10. The van der Waals surface area contributed by atoms with Gasteiger partial charge in [0.15, 0.2) is 17.5 Å². The lowest BCUT2D eigenvalue weighted by Crippen LogP contribution is -2.00. The molecule has 49 heavy (non-hydrogen) atoms. The SMILES string of the molecule is [2H]c1c(-c2ccccc2)c([2H])c2c(sc3c([2H])c(-c4nc(-c5ccc(-c6ccccc6)cc5)nc(-c5ccc(-c6ccccc6)cc5)n4)c([2H])c([2H])c32)c1[2H]. The number of rotatable bonds is 6. The van der Waals surface area contributed by atoms with Gasteiger partial charge in [0.2, 0.25) is 0 Å². The summed E-state index contributed by atoms with van der Waals surface area (Å²) in [5.74, 6) is 0.772. The molecule has 0 spiro atoms. The van der Waals surface area contributed by atoms with Gasteiger partial charge < -0.3 is 0 Å². The zero-order valence-electron chi connectivity index (χ0n) is 32.0. The van der Waals surface area contributed by atoms with Gasteiger partial charge in [-0.05, 0) is 51.5 Å². The molecule has 0 radical (unpaired) electrons. The van der Waals surface area contributed by atoms with Gasteiger partial charge in [-0.3, -0.25) is 0 Å². The van der Waals surface area contributed by atoms with E-state index in [1.165, 1.54) is 0 Å². The summed E-state index contributed by atoms with van der Waals surface area (Å²) in [7, 11) is 0. The number of hydrogen-bond acceptors (Lipinski definition) is 4. The minimum absolute atomic E-state index is 0.00358. The molecule has 7 aromatic carbocycles. The molecule has 0 saturated heterocycles. The van der Waals surface area contributed by atoms with Crippen molar-refractivity contribution < 1.29 is 8.22 Å². The molecule has 0 bridgehead atoms. The van der Waals surface area contributed by atoms with E-state index in [0.717, 1.165) is 33.6 Å². The van der Waals surface area contributed by atoms with Crippen LogP contribution in [0.3, 0.4) is 0 Å². The van der Waals surface area contributed by atoms with Crippen molar-refractivity contribution in [1.29, 1.82) is 0 Å². The van der Waals surface area contributed by atoms with Crippen LogP contribution >= 0.6 is 11.3 Å². The molecule has 3 nitrogen and oxygen atoms in total. The summed E-state index contributed by atoms with van der Waals surface area (Å²) in [6.45, 7) is 0. The molecule has 0 unspecified atom stereocenters. The van der Waals surface area contributed by atoms with Crippen molar-refractivity contribution in [2.45, 2.75) is 0 Å². The molecule has 4 heteroatoms. The molecule has 0 amide bonds. The third-order valence-electron chi connectivity index (χ3n) is 8.43. The second-order valence-corrected chi connectivity index (χ2v) is 12.6. The van der Waals surface area contributed by atoms with Crippen LogP contribution in [0.15, 0.2) is 176 Å². The van der Waals surface area contributed by atoms with Crippen molar-refractivity contribution in [3.05, 3.63) is 176 Å². The Morgan fingerprint density at radius 3 is 1.24 bits per heavy atom. The third-order valence-corrected chi connectivity index (χ3v) is 9.45. The second kappa shape index (κ2) is 12.4. The Balaban J connectivity index is 1.25. The molecule has 0 fully saturated rings. The summed E-state index contributed by atoms with van der Waals surface area (Å²) in [6.07, 6.45) is 0. The number of nitrogens with zero attached hydrogens (tertiary/aromatic N) is 3. The van der Waals surface area contributed by atoms with Crippen LogP contribution in [0.4, 0.5) is 0 Å². The minimum atomic E-state index is -0.263. The Kier molecular flexibility index (Phi) is 5.87. The fourth-order valence-corrected chi connectivity index (χ4v) is 6.85. The average Bonchev–Trinajstić information content (AvgIpc) is 3.65. The molecule has 0 aliphatic heterocycles. The van der Waals surface area contributed by atoms with Gasteiger partial charge in [0.25, 0.3) is 0 Å². The van der Waals surface area contributed by atoms with Gasteiger partial charge in [0.1, 0.15) is 0 Å². The van der Waals surface area contributed by atoms with E-state index in [0.29, 0.717) is 43.1 Å². The molecule has 0 N–H and O–H groups in total. The van der Waals surface area contributed by atoms with Crippen LogP contribution in [-0.4, -0.2) is 15.0 Å². The van der Waals surface area contributed by atoms with Crippen molar-refractivity contribution in [1.82, 2.24) is 15.0 Å². The Bertz CT molecular complexity index is 2800. The maximum Gasteiger partial charge on any atom is 0.164 e. The monoisotopic (exact) mass is 649 g/mol. The quantitative estimate of drug-likeness (QED) is 0.180. The molecular weight excluding hydrogens is 615 g/mol. The van der Waals surface area contributed by atoms with Gasteiger partial charge in [0.05, 0.1) is 8.22 Å². The zero-order valence-corrected chi connectivity index (χ0v) is 26.8. The summed E-state index contributed by atoms with van der Waals surface area (Å²) < 4.78 is 55.7. The van der Waals surface area contributed by atoms with E-state index in [1.807, 2.05) is 127 Å². The van der Waals surface area contributed by atoms with Gasteiger partial charge in [-0.2, -0.15) is 0 Å². The summed E-state index contributed by atoms with van der Waals surface area (Å²) in [5, 5.41) is 0.546. The van der Waals surface area contributed by atoms with Gasteiger partial charge in [-0.15, -0.1) is 11.3 Å². The first-order valence-corrected chi connectivity index (χ1v) is 16.7. The van der Waals surface area contributed by atoms with Crippen molar-refractivity contribution in [3.63, 3.8) is 0 Å². The first kappa shape index (κ1) is 23.2. The predicted octanol–water partition coefficient (Wildman–Crippen LogP) is 12.2. The fourth-order valence-electron chi connectivity index (χ4n) is 5.88. The molecular formula is C45H29N3S. The van der Waals surface area contributed by atoms with Crippen LogP contribution in [0.5, 0.6) is 0 Å². The molecule has 230 valence electrons. The predicted molar refractivity (Wildman–Crippen MR) is 205 cm³/mol. The molecule has 0 saturated carbocycles. The van der Waals surface area contributed by atoms with Crippen LogP contribution in [-0.2, 0) is 0 Å². The van der Waals surface area contributed by atoms with E-state index < -0.39 is 0 Å². The van der Waals surface area contributed by atoms with E-state index in [4.69, 9.17) is 17.7 Å². The van der Waals surface area contributed by atoms with Crippen molar-refractivity contribution in [2.75, 3.05) is 0 Å². The van der Waals surface area contributed by atoms with Crippen LogP contribution in [0.25, 0.3) is 87.7 Å². The molecule has 0 atom stereocenters. The molecule has 2 aromatic heterocycles. The number of fused-ring (bicyclic) bond motifs is 3. The number of aromatic nitrogens is 3. The smallest absolute Gasteiger partial charge is 0.164 e. The first-order chi connectivity index (χ1) is 26.8. The highest BCUT2D eigenvalue weighted by atomic mass is 32.1. The topological polar surface area (TPSA) is 38.7 Å². The molecule has 2 heterocycles. The first-order valence-electron chi connectivity index (χ1n) is 18.9. The zero-order chi connectivity index (χ0) is 37.8. The van der Waals surface area contributed by atoms with E-state index >= 15 is 0 Å². The number of hydrogen-bond donors (Lipinski definition) is 0. The molecule has 0 aliphatic rings. The van der Waals surface area contributed by atoms with E-state index in [-0.39, 0.29) is 58.6 Å². The Morgan fingerprint density at radius 2 is 0.735 bits per heavy atom. The van der Waals surface area contributed by atoms with Gasteiger partial charge in [0, 0.05) is 36.9 Å². The minimum Gasteiger partial charge on any atom is -0.208 e. The average molecular weight is 650 g/mol. The van der Waals surface area contributed by atoms with E-state index in [9.17, 15) is 5.48 Å². The van der Waals surface area contributed by atoms with Crippen molar-refractivity contribution in [3.8, 4) is 67.5 Å².